The lowest BCUT2D eigenvalue weighted by Crippen LogP contribution is -1.92. The van der Waals surface area contributed by atoms with Gasteiger partial charge in [0.05, 0.1) is 0 Å². The molecule has 0 aliphatic carbocycles. The molecule has 0 bridgehead atoms. The van der Waals surface area contributed by atoms with Crippen LogP contribution < -0.4 is 0 Å². The molecular formula is C6H13N2O4P. The molecule has 1 rings (SSSR count). The van der Waals surface area contributed by atoms with Crippen LogP contribution in [0.4, 0.5) is 0 Å². The van der Waals surface area contributed by atoms with Gasteiger partial charge < -0.3 is 19.2 Å². The van der Waals surface area contributed by atoms with E-state index < -0.39 is 7.82 Å². The highest BCUT2D eigenvalue weighted by Gasteiger charge is 2.00. The maximum atomic E-state index is 8.88. The predicted octanol–water partition coefficient (Wildman–Crippen LogP) is 0.0539. The Morgan fingerprint density at radius 1 is 1.54 bits per heavy atom. The third-order valence-corrected chi connectivity index (χ3v) is 1.24. The maximum Gasteiger partial charge on any atom is 0.466 e. The number of aromatic nitrogens is 2. The highest BCUT2D eigenvalue weighted by molar-refractivity contribution is 7.45. The second kappa shape index (κ2) is 5.14. The smallest absolute Gasteiger partial charge is 0.338 e. The molecule has 0 amide bonds. The summed E-state index contributed by atoms with van der Waals surface area (Å²) in [6.07, 6.45) is 4.79. The SMILES string of the molecule is CCc1nccn1C.O=P(O)(O)O. The van der Waals surface area contributed by atoms with Crippen molar-refractivity contribution in [3.63, 3.8) is 0 Å². The quantitative estimate of drug-likeness (QED) is 0.567. The lowest BCUT2D eigenvalue weighted by atomic mass is 10.5. The van der Waals surface area contributed by atoms with E-state index in [0.29, 0.717) is 0 Å². The minimum absolute atomic E-state index is 1.02. The van der Waals surface area contributed by atoms with Crippen LogP contribution in [0.15, 0.2) is 12.4 Å². The van der Waals surface area contributed by atoms with Crippen molar-refractivity contribution in [1.29, 1.82) is 0 Å². The summed E-state index contributed by atoms with van der Waals surface area (Å²) in [7, 11) is -2.63. The number of imidazole rings is 1. The van der Waals surface area contributed by atoms with Crippen molar-refractivity contribution in [3.8, 4) is 0 Å². The second-order valence-electron chi connectivity index (χ2n) is 2.32. The van der Waals surface area contributed by atoms with Crippen LogP contribution in [-0.4, -0.2) is 24.2 Å². The average Bonchev–Trinajstić information content (AvgIpc) is 2.31. The van der Waals surface area contributed by atoms with Gasteiger partial charge in [0.1, 0.15) is 5.82 Å². The van der Waals surface area contributed by atoms with Crippen molar-refractivity contribution < 1.29 is 19.2 Å². The summed E-state index contributed by atoms with van der Waals surface area (Å²) in [5.41, 5.74) is 0. The summed E-state index contributed by atoms with van der Waals surface area (Å²) >= 11 is 0. The van der Waals surface area contributed by atoms with E-state index in [0.717, 1.165) is 12.2 Å². The van der Waals surface area contributed by atoms with Gasteiger partial charge in [0, 0.05) is 25.9 Å². The Labute approximate surface area is 76.1 Å². The number of hydrogen-bond donors (Lipinski definition) is 3. The summed E-state index contributed by atoms with van der Waals surface area (Å²) < 4.78 is 10.9. The molecule has 7 heteroatoms. The molecule has 13 heavy (non-hydrogen) atoms. The Hall–Kier alpha value is -0.680. The van der Waals surface area contributed by atoms with Gasteiger partial charge in [-0.1, -0.05) is 6.92 Å². The molecule has 0 saturated carbocycles. The highest BCUT2D eigenvalue weighted by atomic mass is 31.2. The zero-order chi connectivity index (χ0) is 10.5. The van der Waals surface area contributed by atoms with Crippen LogP contribution in [0.5, 0.6) is 0 Å². The molecule has 0 atom stereocenters. The Morgan fingerprint density at radius 3 is 2.15 bits per heavy atom. The van der Waals surface area contributed by atoms with E-state index in [-0.39, 0.29) is 0 Å². The van der Waals surface area contributed by atoms with E-state index >= 15 is 0 Å². The fourth-order valence-corrected chi connectivity index (χ4v) is 0.737. The molecule has 0 radical (unpaired) electrons. The van der Waals surface area contributed by atoms with Crippen molar-refractivity contribution in [2.45, 2.75) is 13.3 Å². The topological polar surface area (TPSA) is 95.6 Å². The van der Waals surface area contributed by atoms with Crippen LogP contribution in [0.25, 0.3) is 0 Å². The van der Waals surface area contributed by atoms with E-state index in [1.807, 2.05) is 24.0 Å². The molecule has 1 heterocycles. The normalized spacial score (nSPS) is 10.5. The molecule has 1 aromatic rings. The van der Waals surface area contributed by atoms with Gasteiger partial charge in [0.15, 0.2) is 0 Å². The number of aryl methyl sites for hydroxylation is 2. The van der Waals surface area contributed by atoms with Gasteiger partial charge in [-0.2, -0.15) is 0 Å². The minimum atomic E-state index is -4.64. The molecule has 0 spiro atoms. The molecule has 0 aliphatic rings. The predicted molar refractivity (Wildman–Crippen MR) is 46.8 cm³/mol. The zero-order valence-electron chi connectivity index (χ0n) is 7.45. The average molecular weight is 208 g/mol. The summed E-state index contributed by atoms with van der Waals surface area (Å²) in [5, 5.41) is 0. The molecule has 1 aromatic heterocycles. The number of nitrogens with zero attached hydrogens (tertiary/aromatic N) is 2. The molecule has 0 aromatic carbocycles. The third-order valence-electron chi connectivity index (χ3n) is 1.24. The van der Waals surface area contributed by atoms with Crippen molar-refractivity contribution in [1.82, 2.24) is 9.55 Å². The van der Waals surface area contributed by atoms with E-state index in [9.17, 15) is 0 Å². The van der Waals surface area contributed by atoms with Gasteiger partial charge in [0.25, 0.3) is 0 Å². The monoisotopic (exact) mass is 208 g/mol. The van der Waals surface area contributed by atoms with Gasteiger partial charge in [-0.05, 0) is 0 Å². The number of hydrogen-bond acceptors (Lipinski definition) is 2. The van der Waals surface area contributed by atoms with Crippen molar-refractivity contribution in [2.75, 3.05) is 0 Å². The summed E-state index contributed by atoms with van der Waals surface area (Å²) in [5.74, 6) is 1.14. The van der Waals surface area contributed by atoms with E-state index in [4.69, 9.17) is 19.2 Å². The lowest BCUT2D eigenvalue weighted by Gasteiger charge is -1.92. The van der Waals surface area contributed by atoms with Crippen molar-refractivity contribution in [3.05, 3.63) is 18.2 Å². The zero-order valence-corrected chi connectivity index (χ0v) is 8.35. The first-order chi connectivity index (χ1) is 5.84. The van der Waals surface area contributed by atoms with E-state index in [1.165, 1.54) is 0 Å². The minimum Gasteiger partial charge on any atom is -0.338 e. The molecule has 0 unspecified atom stereocenters. The first-order valence-electron chi connectivity index (χ1n) is 3.59. The molecular weight excluding hydrogens is 195 g/mol. The Balaban J connectivity index is 0.000000252. The molecule has 3 N–H and O–H groups in total. The summed E-state index contributed by atoms with van der Waals surface area (Å²) in [6.45, 7) is 2.10. The van der Waals surface area contributed by atoms with Crippen LogP contribution in [-0.2, 0) is 18.0 Å². The van der Waals surface area contributed by atoms with Gasteiger partial charge in [-0.3, -0.25) is 0 Å². The Bertz CT molecular complexity index is 284. The van der Waals surface area contributed by atoms with Gasteiger partial charge in [-0.25, -0.2) is 9.55 Å². The largest absolute Gasteiger partial charge is 0.466 e. The fraction of sp³-hybridized carbons (Fsp3) is 0.500. The highest BCUT2D eigenvalue weighted by Crippen LogP contribution is 2.25. The Kier molecular flexibility index (Phi) is 4.87. The molecule has 76 valence electrons. The fourth-order valence-electron chi connectivity index (χ4n) is 0.737. The third kappa shape index (κ3) is 7.67. The lowest BCUT2D eigenvalue weighted by molar-refractivity contribution is 0.275. The van der Waals surface area contributed by atoms with E-state index in [1.54, 1.807) is 0 Å². The Morgan fingerprint density at radius 2 is 2.00 bits per heavy atom. The molecule has 0 aliphatic heterocycles. The van der Waals surface area contributed by atoms with Crippen LogP contribution in [0.1, 0.15) is 12.7 Å². The van der Waals surface area contributed by atoms with Crippen LogP contribution >= 0.6 is 7.82 Å². The first-order valence-corrected chi connectivity index (χ1v) is 5.15. The number of phosphoric acid groups is 1. The maximum absolute atomic E-state index is 8.88. The molecule has 6 nitrogen and oxygen atoms in total. The first kappa shape index (κ1) is 12.3. The van der Waals surface area contributed by atoms with Crippen LogP contribution in [0.2, 0.25) is 0 Å². The molecule has 0 saturated heterocycles. The van der Waals surface area contributed by atoms with Gasteiger partial charge >= 0.3 is 7.82 Å². The van der Waals surface area contributed by atoms with Gasteiger partial charge in [-0.15, -0.1) is 0 Å². The molecule has 0 fully saturated rings. The second-order valence-corrected chi connectivity index (χ2v) is 3.35. The standard InChI is InChI=1S/C6H10N2.H3O4P/c1-3-6-7-4-5-8(6)2;1-5(2,3)4/h4-5H,3H2,1-2H3;(H3,1,2,3,4). The summed E-state index contributed by atoms with van der Waals surface area (Å²) in [6, 6.07) is 0. The summed E-state index contributed by atoms with van der Waals surface area (Å²) in [4.78, 5) is 25.7. The van der Waals surface area contributed by atoms with Gasteiger partial charge in [0.2, 0.25) is 0 Å². The van der Waals surface area contributed by atoms with Crippen molar-refractivity contribution >= 4 is 7.82 Å². The van der Waals surface area contributed by atoms with E-state index in [2.05, 4.69) is 11.9 Å². The van der Waals surface area contributed by atoms with Crippen LogP contribution in [0, 0.1) is 0 Å². The van der Waals surface area contributed by atoms with Crippen LogP contribution in [0.3, 0.4) is 0 Å². The number of rotatable bonds is 1. The van der Waals surface area contributed by atoms with Crippen molar-refractivity contribution in [2.24, 2.45) is 7.05 Å².